The molecule has 0 radical (unpaired) electrons. The normalized spacial score (nSPS) is 19.8. The largest absolute Gasteiger partial charge is 0.444 e. The number of carbonyl (C=O) groups excluding carboxylic acids is 1. The molecule has 0 aliphatic carbocycles. The van der Waals surface area contributed by atoms with Crippen molar-refractivity contribution in [3.05, 3.63) is 35.6 Å². The third-order valence-corrected chi connectivity index (χ3v) is 3.13. The van der Waals surface area contributed by atoms with Crippen LogP contribution in [0.1, 0.15) is 32.4 Å². The predicted molar refractivity (Wildman–Crippen MR) is 75.0 cm³/mol. The smallest absolute Gasteiger partial charge is 0.410 e. The van der Waals surface area contributed by atoms with Gasteiger partial charge in [0.15, 0.2) is 0 Å². The molecule has 1 aliphatic heterocycles. The molecule has 4 nitrogen and oxygen atoms in total. The van der Waals surface area contributed by atoms with Gasteiger partial charge in [0.05, 0.1) is 6.04 Å². The van der Waals surface area contributed by atoms with Gasteiger partial charge in [-0.25, -0.2) is 9.18 Å². The minimum absolute atomic E-state index is 0.126. The van der Waals surface area contributed by atoms with E-state index in [1.807, 2.05) is 20.8 Å². The number of halogens is 1. The Hall–Kier alpha value is -1.62. The monoisotopic (exact) mass is 280 g/mol. The first-order valence-electron chi connectivity index (χ1n) is 6.82. The Labute approximate surface area is 118 Å². The van der Waals surface area contributed by atoms with Gasteiger partial charge in [-0.05, 0) is 38.5 Å². The molecular weight excluding hydrogens is 259 g/mol. The molecule has 1 saturated heterocycles. The van der Waals surface area contributed by atoms with E-state index >= 15 is 0 Å². The van der Waals surface area contributed by atoms with Crippen molar-refractivity contribution in [3.8, 4) is 0 Å². The van der Waals surface area contributed by atoms with E-state index in [4.69, 9.17) is 4.74 Å². The fraction of sp³-hybridized carbons (Fsp3) is 0.533. The van der Waals surface area contributed by atoms with Crippen LogP contribution in [0.15, 0.2) is 24.3 Å². The molecule has 1 atom stereocenters. The summed E-state index contributed by atoms with van der Waals surface area (Å²) < 4.78 is 18.4. The second-order valence-corrected chi connectivity index (χ2v) is 5.95. The summed E-state index contributed by atoms with van der Waals surface area (Å²) in [6.45, 7) is 7.50. The highest BCUT2D eigenvalue weighted by molar-refractivity contribution is 5.69. The van der Waals surface area contributed by atoms with Gasteiger partial charge in [0, 0.05) is 19.6 Å². The van der Waals surface area contributed by atoms with Crippen molar-refractivity contribution in [2.75, 3.05) is 19.6 Å². The summed E-state index contributed by atoms with van der Waals surface area (Å²) in [5, 5.41) is 3.25. The fourth-order valence-corrected chi connectivity index (χ4v) is 2.23. The van der Waals surface area contributed by atoms with Crippen LogP contribution in [0, 0.1) is 5.82 Å². The summed E-state index contributed by atoms with van der Waals surface area (Å²) >= 11 is 0. The average Bonchev–Trinajstić information content (AvgIpc) is 2.38. The van der Waals surface area contributed by atoms with Crippen LogP contribution in [-0.4, -0.2) is 36.2 Å². The zero-order chi connectivity index (χ0) is 14.8. The number of hydrogen-bond acceptors (Lipinski definition) is 3. The molecule has 20 heavy (non-hydrogen) atoms. The third kappa shape index (κ3) is 3.70. The minimum Gasteiger partial charge on any atom is -0.444 e. The maximum atomic E-state index is 13.0. The first kappa shape index (κ1) is 14.8. The summed E-state index contributed by atoms with van der Waals surface area (Å²) in [6.07, 6.45) is -0.326. The van der Waals surface area contributed by atoms with Crippen molar-refractivity contribution in [1.29, 1.82) is 0 Å². The summed E-state index contributed by atoms with van der Waals surface area (Å²) in [6, 6.07) is 6.13. The van der Waals surface area contributed by atoms with E-state index in [-0.39, 0.29) is 18.0 Å². The Morgan fingerprint density at radius 1 is 1.35 bits per heavy atom. The van der Waals surface area contributed by atoms with Crippen molar-refractivity contribution in [1.82, 2.24) is 10.2 Å². The lowest BCUT2D eigenvalue weighted by Gasteiger charge is -2.37. The second-order valence-electron chi connectivity index (χ2n) is 5.95. The molecule has 5 heteroatoms. The van der Waals surface area contributed by atoms with Crippen molar-refractivity contribution >= 4 is 6.09 Å². The van der Waals surface area contributed by atoms with E-state index in [1.165, 1.54) is 12.1 Å². The number of benzene rings is 1. The molecule has 110 valence electrons. The maximum absolute atomic E-state index is 13.0. The van der Waals surface area contributed by atoms with E-state index in [2.05, 4.69) is 5.32 Å². The van der Waals surface area contributed by atoms with Gasteiger partial charge >= 0.3 is 6.09 Å². The highest BCUT2D eigenvalue weighted by Crippen LogP contribution is 2.24. The topological polar surface area (TPSA) is 41.6 Å². The van der Waals surface area contributed by atoms with Crippen LogP contribution >= 0.6 is 0 Å². The molecule has 0 aromatic heterocycles. The Balaban J connectivity index is 2.16. The molecule has 1 aromatic rings. The van der Waals surface area contributed by atoms with Crippen molar-refractivity contribution < 1.29 is 13.9 Å². The number of amides is 1. The van der Waals surface area contributed by atoms with E-state index in [9.17, 15) is 9.18 Å². The van der Waals surface area contributed by atoms with Crippen LogP contribution in [-0.2, 0) is 4.74 Å². The highest BCUT2D eigenvalue weighted by Gasteiger charge is 2.31. The van der Waals surface area contributed by atoms with Gasteiger partial charge in [-0.1, -0.05) is 12.1 Å². The molecule has 1 aliphatic rings. The Bertz CT molecular complexity index is 468. The van der Waals surface area contributed by atoms with Gasteiger partial charge in [-0.3, -0.25) is 4.90 Å². The SMILES string of the molecule is CC(C)(C)OC(=O)N1CCNC[C@H]1c1ccc(F)cc1. The molecule has 2 rings (SSSR count). The van der Waals surface area contributed by atoms with Gasteiger partial charge in [0.25, 0.3) is 0 Å². The maximum Gasteiger partial charge on any atom is 0.410 e. The summed E-state index contributed by atoms with van der Waals surface area (Å²) in [7, 11) is 0. The molecule has 1 fully saturated rings. The summed E-state index contributed by atoms with van der Waals surface area (Å²) in [5.74, 6) is -0.277. The molecule has 1 aromatic carbocycles. The zero-order valence-corrected chi connectivity index (χ0v) is 12.1. The van der Waals surface area contributed by atoms with Gasteiger partial charge in [-0.15, -0.1) is 0 Å². The lowest BCUT2D eigenvalue weighted by Crippen LogP contribution is -2.50. The molecule has 1 N–H and O–H groups in total. The van der Waals surface area contributed by atoms with Crippen LogP contribution < -0.4 is 5.32 Å². The molecule has 1 amide bonds. The number of ether oxygens (including phenoxy) is 1. The Kier molecular flexibility index (Phi) is 4.28. The summed E-state index contributed by atoms with van der Waals surface area (Å²) in [5.41, 5.74) is 0.388. The van der Waals surface area contributed by atoms with E-state index in [0.717, 1.165) is 12.1 Å². The molecule has 0 unspecified atom stereocenters. The number of nitrogens with zero attached hydrogens (tertiary/aromatic N) is 1. The Morgan fingerprint density at radius 2 is 2.00 bits per heavy atom. The van der Waals surface area contributed by atoms with Gasteiger partial charge in [0.2, 0.25) is 0 Å². The summed E-state index contributed by atoms with van der Waals surface area (Å²) in [4.78, 5) is 14.0. The van der Waals surface area contributed by atoms with Crippen LogP contribution in [0.3, 0.4) is 0 Å². The molecule has 0 bridgehead atoms. The number of carbonyl (C=O) groups is 1. The second kappa shape index (κ2) is 5.79. The van der Waals surface area contributed by atoms with Crippen LogP contribution in [0.5, 0.6) is 0 Å². The van der Waals surface area contributed by atoms with Crippen molar-refractivity contribution in [3.63, 3.8) is 0 Å². The standard InChI is InChI=1S/C15H21FN2O2/c1-15(2,3)20-14(19)18-9-8-17-10-13(18)11-4-6-12(16)7-5-11/h4-7,13,17H,8-10H2,1-3H3/t13-/m0/s1. The van der Waals surface area contributed by atoms with Gasteiger partial charge in [0.1, 0.15) is 11.4 Å². The number of nitrogens with one attached hydrogen (secondary N) is 1. The molecule has 0 saturated carbocycles. The molecular formula is C15H21FN2O2. The first-order valence-corrected chi connectivity index (χ1v) is 6.82. The lowest BCUT2D eigenvalue weighted by molar-refractivity contribution is 0.0118. The van der Waals surface area contributed by atoms with Crippen molar-refractivity contribution in [2.24, 2.45) is 0 Å². The van der Waals surface area contributed by atoms with E-state index in [0.29, 0.717) is 13.1 Å². The third-order valence-electron chi connectivity index (χ3n) is 3.13. The molecule has 1 heterocycles. The van der Waals surface area contributed by atoms with Gasteiger partial charge in [-0.2, -0.15) is 0 Å². The van der Waals surface area contributed by atoms with Crippen LogP contribution in [0.4, 0.5) is 9.18 Å². The van der Waals surface area contributed by atoms with Gasteiger partial charge < -0.3 is 10.1 Å². The number of piperazine rings is 1. The highest BCUT2D eigenvalue weighted by atomic mass is 19.1. The molecule has 0 spiro atoms. The average molecular weight is 280 g/mol. The first-order chi connectivity index (χ1) is 9.37. The van der Waals surface area contributed by atoms with E-state index < -0.39 is 5.60 Å². The van der Waals surface area contributed by atoms with Crippen LogP contribution in [0.25, 0.3) is 0 Å². The number of rotatable bonds is 1. The van der Waals surface area contributed by atoms with E-state index in [1.54, 1.807) is 17.0 Å². The fourth-order valence-electron chi connectivity index (χ4n) is 2.23. The van der Waals surface area contributed by atoms with Crippen molar-refractivity contribution in [2.45, 2.75) is 32.4 Å². The van der Waals surface area contributed by atoms with Crippen LogP contribution in [0.2, 0.25) is 0 Å². The quantitative estimate of drug-likeness (QED) is 0.860. The lowest BCUT2D eigenvalue weighted by atomic mass is 10.0. The number of hydrogen-bond donors (Lipinski definition) is 1. The Morgan fingerprint density at radius 3 is 2.60 bits per heavy atom. The zero-order valence-electron chi connectivity index (χ0n) is 12.1. The predicted octanol–water partition coefficient (Wildman–Crippen LogP) is 2.71. The minimum atomic E-state index is -0.519.